The lowest BCUT2D eigenvalue weighted by atomic mass is 10.1. The number of nitrogens with zero attached hydrogens (tertiary/aromatic N) is 1. The Morgan fingerprint density at radius 2 is 2.11 bits per heavy atom. The van der Waals surface area contributed by atoms with Gasteiger partial charge in [-0.2, -0.15) is 0 Å². The number of nitrogens with one attached hydrogen (secondary N) is 1. The third-order valence-corrected chi connectivity index (χ3v) is 3.15. The smallest absolute Gasteiger partial charge is 0.0886 e. The van der Waals surface area contributed by atoms with Crippen LogP contribution in [0.1, 0.15) is 24.1 Å². The quantitative estimate of drug-likeness (QED) is 0.844. The zero-order valence-corrected chi connectivity index (χ0v) is 11.9. The minimum atomic E-state index is -0.979. The molecule has 0 saturated heterocycles. The molecular formula is C12H21N3O2S. The highest BCUT2D eigenvalue weighted by molar-refractivity contribution is 7.82. The molecular weight excluding hydrogens is 250 g/mol. The maximum Gasteiger partial charge on any atom is 0.0886 e. The maximum atomic E-state index is 10.8. The molecule has 0 aliphatic heterocycles. The van der Waals surface area contributed by atoms with Crippen LogP contribution in [0.4, 0.5) is 0 Å². The number of rotatable bonds is 4. The Balaban J connectivity index is 0.000000492. The zero-order chi connectivity index (χ0) is 13.6. The van der Waals surface area contributed by atoms with Gasteiger partial charge in [0.1, 0.15) is 0 Å². The minimum Gasteiger partial charge on any atom is -0.388 e. The highest BCUT2D eigenvalue weighted by Crippen LogP contribution is 2.41. The van der Waals surface area contributed by atoms with Gasteiger partial charge < -0.3 is 10.5 Å². The van der Waals surface area contributed by atoms with Crippen molar-refractivity contribution in [3.05, 3.63) is 29.6 Å². The summed E-state index contributed by atoms with van der Waals surface area (Å²) in [7, 11) is 2.27. The van der Waals surface area contributed by atoms with Gasteiger partial charge in [0.05, 0.1) is 22.2 Å². The van der Waals surface area contributed by atoms with E-state index in [0.717, 1.165) is 24.1 Å². The van der Waals surface area contributed by atoms with Crippen molar-refractivity contribution < 1.29 is 8.95 Å². The topological polar surface area (TPSA) is 77.2 Å². The van der Waals surface area contributed by atoms with E-state index in [4.69, 9.17) is 5.73 Å². The summed E-state index contributed by atoms with van der Waals surface area (Å²) in [6.45, 7) is 0.577. The molecule has 1 saturated carbocycles. The van der Waals surface area contributed by atoms with Crippen LogP contribution in [-0.4, -0.2) is 29.7 Å². The standard InChI is InChI=1S/C10H15N3OS.C2H6O/c1-15(14)13-7-8-2-3-9(12-6-8)10(11)4-5-10;1-3-2/h2-3,6,13H,4-5,7,11H2,1H3;1-2H3. The van der Waals surface area contributed by atoms with Gasteiger partial charge in [-0.25, -0.2) is 8.93 Å². The zero-order valence-electron chi connectivity index (χ0n) is 11.1. The van der Waals surface area contributed by atoms with Crippen molar-refractivity contribution in [1.82, 2.24) is 9.71 Å². The molecule has 0 amide bonds. The summed E-state index contributed by atoms with van der Waals surface area (Å²) in [5.41, 5.74) is 7.83. The van der Waals surface area contributed by atoms with E-state index in [2.05, 4.69) is 14.4 Å². The van der Waals surface area contributed by atoms with Gasteiger partial charge in [0, 0.05) is 33.2 Å². The Hall–Kier alpha value is -0.820. The number of aromatic nitrogens is 1. The van der Waals surface area contributed by atoms with E-state index in [0.29, 0.717) is 6.54 Å². The normalized spacial score (nSPS) is 17.6. The molecule has 0 aromatic carbocycles. The van der Waals surface area contributed by atoms with Gasteiger partial charge in [0.25, 0.3) is 0 Å². The molecule has 1 aliphatic rings. The number of ether oxygens (including phenoxy) is 1. The summed E-state index contributed by atoms with van der Waals surface area (Å²) in [4.78, 5) is 4.33. The number of pyridine rings is 1. The lowest BCUT2D eigenvalue weighted by molar-refractivity contribution is 0.277. The third kappa shape index (κ3) is 4.81. The van der Waals surface area contributed by atoms with Crippen LogP contribution in [0.5, 0.6) is 0 Å². The second kappa shape index (κ2) is 6.94. The lowest BCUT2D eigenvalue weighted by Crippen LogP contribution is -2.20. The van der Waals surface area contributed by atoms with Crippen molar-refractivity contribution in [2.45, 2.75) is 24.9 Å². The number of nitrogens with two attached hydrogens (primary N) is 1. The molecule has 2 rings (SSSR count). The molecule has 3 N–H and O–H groups in total. The Bertz CT molecular complexity index is 391. The first-order valence-corrected chi connectivity index (χ1v) is 7.29. The first-order chi connectivity index (χ1) is 8.51. The third-order valence-electron chi connectivity index (χ3n) is 2.60. The average Bonchev–Trinajstić information content (AvgIpc) is 3.08. The molecule has 0 spiro atoms. The second-order valence-electron chi connectivity index (χ2n) is 4.39. The van der Waals surface area contributed by atoms with Gasteiger partial charge >= 0.3 is 0 Å². The van der Waals surface area contributed by atoms with Gasteiger partial charge in [-0.3, -0.25) is 4.98 Å². The predicted molar refractivity (Wildman–Crippen MR) is 73.2 cm³/mol. The van der Waals surface area contributed by atoms with Crippen LogP contribution < -0.4 is 10.5 Å². The molecule has 1 atom stereocenters. The molecule has 18 heavy (non-hydrogen) atoms. The van der Waals surface area contributed by atoms with Gasteiger partial charge in [-0.1, -0.05) is 6.07 Å². The maximum absolute atomic E-state index is 10.8. The van der Waals surface area contributed by atoms with Gasteiger partial charge in [0.2, 0.25) is 0 Å². The van der Waals surface area contributed by atoms with Gasteiger partial charge in [-0.05, 0) is 24.5 Å². The summed E-state index contributed by atoms with van der Waals surface area (Å²) >= 11 is 0. The Morgan fingerprint density at radius 1 is 1.50 bits per heavy atom. The Labute approximate surface area is 111 Å². The lowest BCUT2D eigenvalue weighted by Gasteiger charge is -2.08. The van der Waals surface area contributed by atoms with Crippen molar-refractivity contribution in [3.63, 3.8) is 0 Å². The summed E-state index contributed by atoms with van der Waals surface area (Å²) in [5, 5.41) is 0. The van der Waals surface area contributed by atoms with Crippen LogP contribution in [0, 0.1) is 0 Å². The first kappa shape index (κ1) is 15.2. The molecule has 1 aromatic heterocycles. The monoisotopic (exact) mass is 271 g/mol. The summed E-state index contributed by atoms with van der Waals surface area (Å²) in [5.74, 6) is 0. The molecule has 1 fully saturated rings. The SMILES string of the molecule is COC.CS(=O)NCc1ccc(C2(N)CC2)nc1. The van der Waals surface area contributed by atoms with E-state index in [-0.39, 0.29) is 5.54 Å². The molecule has 0 radical (unpaired) electrons. The summed E-state index contributed by atoms with van der Waals surface area (Å²) < 4.78 is 17.9. The van der Waals surface area contributed by atoms with Crippen LogP contribution in [0.3, 0.4) is 0 Å². The molecule has 6 heteroatoms. The number of methoxy groups -OCH3 is 1. The number of hydrogen-bond acceptors (Lipinski definition) is 4. The fourth-order valence-corrected chi connectivity index (χ4v) is 1.77. The highest BCUT2D eigenvalue weighted by Gasteiger charge is 2.41. The van der Waals surface area contributed by atoms with Crippen LogP contribution in [0.15, 0.2) is 18.3 Å². The molecule has 5 nitrogen and oxygen atoms in total. The van der Waals surface area contributed by atoms with E-state index in [9.17, 15) is 4.21 Å². The minimum absolute atomic E-state index is 0.167. The first-order valence-electron chi connectivity index (χ1n) is 5.73. The second-order valence-corrected chi connectivity index (χ2v) is 5.59. The van der Waals surface area contributed by atoms with Crippen molar-refractivity contribution in [2.75, 3.05) is 20.5 Å². The fourth-order valence-electron chi connectivity index (χ4n) is 1.40. The molecule has 1 heterocycles. The van der Waals surface area contributed by atoms with Crippen LogP contribution in [-0.2, 0) is 27.8 Å². The molecule has 102 valence electrons. The summed E-state index contributed by atoms with van der Waals surface area (Å²) in [6.07, 6.45) is 5.45. The predicted octanol–water partition coefficient (Wildman–Crippen LogP) is 0.675. The van der Waals surface area contributed by atoms with Crippen LogP contribution in [0.25, 0.3) is 0 Å². The highest BCUT2D eigenvalue weighted by atomic mass is 32.2. The number of hydrogen-bond donors (Lipinski definition) is 2. The average molecular weight is 271 g/mol. The molecule has 1 unspecified atom stereocenters. The van der Waals surface area contributed by atoms with Crippen molar-refractivity contribution in [1.29, 1.82) is 0 Å². The Morgan fingerprint density at radius 3 is 2.50 bits per heavy atom. The van der Waals surface area contributed by atoms with Crippen LogP contribution in [0.2, 0.25) is 0 Å². The van der Waals surface area contributed by atoms with E-state index in [1.54, 1.807) is 26.7 Å². The van der Waals surface area contributed by atoms with Crippen molar-refractivity contribution >= 4 is 11.0 Å². The van der Waals surface area contributed by atoms with E-state index in [1.807, 2.05) is 12.1 Å². The van der Waals surface area contributed by atoms with Crippen molar-refractivity contribution in [3.8, 4) is 0 Å². The van der Waals surface area contributed by atoms with E-state index < -0.39 is 11.0 Å². The Kier molecular flexibility index (Phi) is 5.87. The van der Waals surface area contributed by atoms with E-state index >= 15 is 0 Å². The largest absolute Gasteiger partial charge is 0.388 e. The molecule has 1 aliphatic carbocycles. The summed E-state index contributed by atoms with van der Waals surface area (Å²) in [6, 6.07) is 3.94. The molecule has 1 aromatic rings. The molecule has 0 bridgehead atoms. The van der Waals surface area contributed by atoms with Crippen LogP contribution >= 0.6 is 0 Å². The van der Waals surface area contributed by atoms with Gasteiger partial charge in [0.15, 0.2) is 0 Å². The van der Waals surface area contributed by atoms with Gasteiger partial charge in [-0.15, -0.1) is 0 Å². The fraction of sp³-hybridized carbons (Fsp3) is 0.583. The van der Waals surface area contributed by atoms with E-state index in [1.165, 1.54) is 0 Å². The van der Waals surface area contributed by atoms with Crippen molar-refractivity contribution in [2.24, 2.45) is 5.73 Å².